The zero-order valence-electron chi connectivity index (χ0n) is 9.39. The maximum Gasteiger partial charge on any atom is 0.130 e. The van der Waals surface area contributed by atoms with Gasteiger partial charge >= 0.3 is 0 Å². The highest BCUT2D eigenvalue weighted by Gasteiger charge is 2.05. The summed E-state index contributed by atoms with van der Waals surface area (Å²) in [6.45, 7) is 3.21. The Hall–Kier alpha value is -1.71. The average Bonchev–Trinajstić information content (AvgIpc) is 2.80. The van der Waals surface area contributed by atoms with Crippen molar-refractivity contribution in [2.45, 2.75) is 19.8 Å². The van der Waals surface area contributed by atoms with E-state index in [0.29, 0.717) is 13.2 Å². The number of aryl methyl sites for hydroxylation is 1. The molecule has 1 aliphatic rings. The molecule has 0 amide bonds. The van der Waals surface area contributed by atoms with Crippen LogP contribution < -0.4 is 4.74 Å². The van der Waals surface area contributed by atoms with Crippen molar-refractivity contribution in [1.29, 1.82) is 0 Å². The average molecular weight is 217 g/mol. The molecule has 0 atom stereocenters. The van der Waals surface area contributed by atoms with Crippen LogP contribution in [0.4, 0.5) is 0 Å². The SMILES string of the molecule is CCCc1cccc(OCC2=NN=NC2)c1. The molecule has 2 rings (SSSR count). The van der Waals surface area contributed by atoms with Crippen LogP contribution in [0.15, 0.2) is 39.7 Å². The van der Waals surface area contributed by atoms with Crippen molar-refractivity contribution in [3.8, 4) is 5.75 Å². The molecular formula is C12H15N3O. The fraction of sp³-hybridized carbons (Fsp3) is 0.417. The van der Waals surface area contributed by atoms with Crippen molar-refractivity contribution < 1.29 is 4.74 Å². The molecule has 4 nitrogen and oxygen atoms in total. The molecule has 1 aromatic carbocycles. The van der Waals surface area contributed by atoms with Crippen LogP contribution in [0.5, 0.6) is 5.75 Å². The van der Waals surface area contributed by atoms with Gasteiger partial charge in [0.2, 0.25) is 0 Å². The molecule has 16 heavy (non-hydrogen) atoms. The summed E-state index contributed by atoms with van der Waals surface area (Å²) in [6, 6.07) is 8.18. The molecule has 0 spiro atoms. The van der Waals surface area contributed by atoms with Crippen LogP contribution in [0.3, 0.4) is 0 Å². The van der Waals surface area contributed by atoms with E-state index in [-0.39, 0.29) is 0 Å². The first-order chi connectivity index (χ1) is 7.88. The molecule has 0 radical (unpaired) electrons. The Morgan fingerprint density at radius 3 is 3.06 bits per heavy atom. The van der Waals surface area contributed by atoms with Crippen LogP contribution in [-0.2, 0) is 6.42 Å². The summed E-state index contributed by atoms with van der Waals surface area (Å²) in [7, 11) is 0. The van der Waals surface area contributed by atoms with E-state index >= 15 is 0 Å². The second-order valence-corrected chi connectivity index (χ2v) is 3.74. The maximum atomic E-state index is 5.63. The van der Waals surface area contributed by atoms with Gasteiger partial charge in [-0.2, -0.15) is 5.11 Å². The van der Waals surface area contributed by atoms with E-state index in [9.17, 15) is 0 Å². The minimum atomic E-state index is 0.475. The van der Waals surface area contributed by atoms with Gasteiger partial charge in [-0.05, 0) is 29.3 Å². The topological polar surface area (TPSA) is 46.3 Å². The van der Waals surface area contributed by atoms with Gasteiger partial charge in [0.15, 0.2) is 0 Å². The summed E-state index contributed by atoms with van der Waals surface area (Å²) in [5.74, 6) is 0.889. The van der Waals surface area contributed by atoms with E-state index in [2.05, 4.69) is 34.5 Å². The fourth-order valence-electron chi connectivity index (χ4n) is 1.56. The minimum Gasteiger partial charge on any atom is -0.487 e. The lowest BCUT2D eigenvalue weighted by molar-refractivity contribution is 0.375. The Bertz CT molecular complexity index is 412. The first-order valence-corrected chi connectivity index (χ1v) is 5.52. The summed E-state index contributed by atoms with van der Waals surface area (Å²) in [5.41, 5.74) is 2.18. The molecule has 1 aliphatic heterocycles. The van der Waals surface area contributed by atoms with Crippen LogP contribution in [0.2, 0.25) is 0 Å². The van der Waals surface area contributed by atoms with E-state index in [1.54, 1.807) is 0 Å². The van der Waals surface area contributed by atoms with Crippen molar-refractivity contribution in [1.82, 2.24) is 0 Å². The minimum absolute atomic E-state index is 0.475. The number of ether oxygens (including phenoxy) is 1. The highest BCUT2D eigenvalue weighted by Crippen LogP contribution is 2.14. The van der Waals surface area contributed by atoms with Crippen molar-refractivity contribution in [2.24, 2.45) is 15.4 Å². The molecule has 0 unspecified atom stereocenters. The van der Waals surface area contributed by atoms with Crippen LogP contribution in [0.1, 0.15) is 18.9 Å². The smallest absolute Gasteiger partial charge is 0.130 e. The van der Waals surface area contributed by atoms with Gasteiger partial charge in [-0.3, -0.25) is 0 Å². The van der Waals surface area contributed by atoms with E-state index < -0.39 is 0 Å². The van der Waals surface area contributed by atoms with Crippen molar-refractivity contribution >= 4 is 5.71 Å². The highest BCUT2D eigenvalue weighted by atomic mass is 16.5. The monoisotopic (exact) mass is 217 g/mol. The first kappa shape index (κ1) is 10.8. The lowest BCUT2D eigenvalue weighted by Gasteiger charge is -2.06. The molecule has 0 saturated heterocycles. The van der Waals surface area contributed by atoms with Crippen LogP contribution >= 0.6 is 0 Å². The molecule has 0 aromatic heterocycles. The van der Waals surface area contributed by atoms with Gasteiger partial charge in [0.05, 0.1) is 0 Å². The predicted octanol–water partition coefficient (Wildman–Crippen LogP) is 2.84. The first-order valence-electron chi connectivity index (χ1n) is 5.52. The molecule has 0 saturated carbocycles. The molecule has 0 N–H and O–H groups in total. The number of benzene rings is 1. The van der Waals surface area contributed by atoms with Gasteiger partial charge in [0, 0.05) is 0 Å². The molecule has 1 aromatic rings. The van der Waals surface area contributed by atoms with E-state index in [1.807, 2.05) is 12.1 Å². The quantitative estimate of drug-likeness (QED) is 0.748. The van der Waals surface area contributed by atoms with Crippen molar-refractivity contribution in [2.75, 3.05) is 13.2 Å². The Kier molecular flexibility index (Phi) is 3.64. The van der Waals surface area contributed by atoms with E-state index in [4.69, 9.17) is 4.74 Å². The Balaban J connectivity index is 1.90. The lowest BCUT2D eigenvalue weighted by atomic mass is 10.1. The van der Waals surface area contributed by atoms with Gasteiger partial charge in [-0.1, -0.05) is 25.5 Å². The zero-order chi connectivity index (χ0) is 11.2. The Morgan fingerprint density at radius 2 is 2.31 bits per heavy atom. The lowest BCUT2D eigenvalue weighted by Crippen LogP contribution is -2.12. The van der Waals surface area contributed by atoms with Gasteiger partial charge < -0.3 is 4.74 Å². The molecule has 0 fully saturated rings. The third kappa shape index (κ3) is 2.89. The summed E-state index contributed by atoms with van der Waals surface area (Å²) in [6.07, 6.45) is 2.23. The van der Waals surface area contributed by atoms with E-state index in [0.717, 1.165) is 24.3 Å². The molecule has 1 heterocycles. The summed E-state index contributed by atoms with van der Waals surface area (Å²) in [4.78, 5) is 0. The van der Waals surface area contributed by atoms with Crippen LogP contribution in [0, 0.1) is 0 Å². The van der Waals surface area contributed by atoms with Crippen molar-refractivity contribution in [3.63, 3.8) is 0 Å². The summed E-state index contributed by atoms with van der Waals surface area (Å²) < 4.78 is 5.63. The number of rotatable bonds is 5. The molecule has 0 bridgehead atoms. The number of hydrogen-bond donors (Lipinski definition) is 0. The largest absolute Gasteiger partial charge is 0.487 e. The van der Waals surface area contributed by atoms with Gasteiger partial charge in [0.1, 0.15) is 24.6 Å². The second kappa shape index (κ2) is 5.39. The molecular weight excluding hydrogens is 202 g/mol. The van der Waals surface area contributed by atoms with Crippen LogP contribution in [0.25, 0.3) is 0 Å². The Morgan fingerprint density at radius 1 is 1.38 bits per heavy atom. The fourth-order valence-corrected chi connectivity index (χ4v) is 1.56. The Labute approximate surface area is 95.0 Å². The highest BCUT2D eigenvalue weighted by molar-refractivity contribution is 5.88. The predicted molar refractivity (Wildman–Crippen MR) is 63.1 cm³/mol. The molecule has 84 valence electrons. The third-order valence-corrected chi connectivity index (χ3v) is 2.35. The van der Waals surface area contributed by atoms with Crippen molar-refractivity contribution in [3.05, 3.63) is 29.8 Å². The summed E-state index contributed by atoms with van der Waals surface area (Å²) in [5, 5.41) is 11.2. The van der Waals surface area contributed by atoms with Gasteiger partial charge in [-0.15, -0.1) is 5.10 Å². The third-order valence-electron chi connectivity index (χ3n) is 2.35. The van der Waals surface area contributed by atoms with Crippen LogP contribution in [-0.4, -0.2) is 18.9 Å². The van der Waals surface area contributed by atoms with Gasteiger partial charge in [0.25, 0.3) is 0 Å². The van der Waals surface area contributed by atoms with Gasteiger partial charge in [-0.25, -0.2) is 0 Å². The maximum absolute atomic E-state index is 5.63. The molecule has 4 heteroatoms. The van der Waals surface area contributed by atoms with E-state index in [1.165, 1.54) is 5.56 Å². The number of hydrogen-bond acceptors (Lipinski definition) is 4. The number of nitrogens with zero attached hydrogens (tertiary/aromatic N) is 3. The zero-order valence-corrected chi connectivity index (χ0v) is 9.39. The molecule has 0 aliphatic carbocycles. The second-order valence-electron chi connectivity index (χ2n) is 3.74. The standard InChI is InChI=1S/C12H15N3O/c1-2-4-10-5-3-6-12(7-10)16-9-11-8-13-15-14-11/h3,5-7H,2,4,8-9H2,1H3. The normalized spacial score (nSPS) is 13.9. The summed E-state index contributed by atoms with van der Waals surface area (Å²) >= 11 is 0.